The van der Waals surface area contributed by atoms with Crippen LogP contribution < -0.4 is 4.31 Å². The second-order valence-corrected chi connectivity index (χ2v) is 11.1. The van der Waals surface area contributed by atoms with Gasteiger partial charge < -0.3 is 9.32 Å². The van der Waals surface area contributed by atoms with Gasteiger partial charge in [0.05, 0.1) is 38.9 Å². The van der Waals surface area contributed by atoms with Crippen molar-refractivity contribution >= 4 is 50.5 Å². The van der Waals surface area contributed by atoms with Gasteiger partial charge in [-0.15, -0.1) is 0 Å². The van der Waals surface area contributed by atoms with Crippen LogP contribution in [0.4, 0.5) is 11.4 Å². The third-order valence-corrected chi connectivity index (χ3v) is 8.38. The second kappa shape index (κ2) is 11.9. The largest absolute Gasteiger partial charge is 0.467 e. The third-order valence-electron chi connectivity index (χ3n) is 5.91. The molecular weight excluding hydrogens is 565 g/mol. The van der Waals surface area contributed by atoms with E-state index in [0.717, 1.165) is 12.1 Å². The lowest BCUT2D eigenvalue weighted by Gasteiger charge is -2.28. The van der Waals surface area contributed by atoms with Gasteiger partial charge in [-0.05, 0) is 67.1 Å². The summed E-state index contributed by atoms with van der Waals surface area (Å²) >= 11 is 12.6. The number of carbonyl (C=O) groups excluding carboxylic acids is 1. The van der Waals surface area contributed by atoms with E-state index in [1.54, 1.807) is 61.5 Å². The van der Waals surface area contributed by atoms with Gasteiger partial charge in [0, 0.05) is 30.2 Å². The van der Waals surface area contributed by atoms with Crippen LogP contribution in [-0.4, -0.2) is 30.7 Å². The van der Waals surface area contributed by atoms with Crippen molar-refractivity contribution in [3.05, 3.63) is 122 Å². The summed E-state index contributed by atoms with van der Waals surface area (Å²) in [5.74, 6) is 0.133. The van der Waals surface area contributed by atoms with Crippen molar-refractivity contribution in [1.82, 2.24) is 4.90 Å². The maximum atomic E-state index is 13.6. The molecule has 0 saturated carbocycles. The summed E-state index contributed by atoms with van der Waals surface area (Å²) < 4.78 is 33.9. The van der Waals surface area contributed by atoms with E-state index < -0.39 is 14.9 Å². The van der Waals surface area contributed by atoms with Gasteiger partial charge in [0.15, 0.2) is 0 Å². The van der Waals surface area contributed by atoms with Crippen LogP contribution in [0.1, 0.15) is 28.6 Å². The molecule has 0 unspecified atom stereocenters. The third kappa shape index (κ3) is 6.25. The molecule has 1 aromatic heterocycles. The smallest absolute Gasteiger partial charge is 0.269 e. The van der Waals surface area contributed by atoms with E-state index in [1.165, 1.54) is 27.6 Å². The summed E-state index contributed by atoms with van der Waals surface area (Å²) in [6.07, 6.45) is 1.49. The Morgan fingerprint density at radius 1 is 0.974 bits per heavy atom. The van der Waals surface area contributed by atoms with Gasteiger partial charge in [-0.2, -0.15) is 0 Å². The van der Waals surface area contributed by atoms with Crippen molar-refractivity contribution in [2.75, 3.05) is 10.8 Å². The van der Waals surface area contributed by atoms with E-state index >= 15 is 0 Å². The number of benzene rings is 3. The fraction of sp³-hybridized carbons (Fsp3) is 0.148. The van der Waals surface area contributed by atoms with Crippen molar-refractivity contribution in [3.63, 3.8) is 0 Å². The zero-order chi connectivity index (χ0) is 28.2. The lowest BCUT2D eigenvalue weighted by atomic mass is 10.1. The molecule has 0 atom stereocenters. The first-order chi connectivity index (χ1) is 18.6. The molecule has 0 bridgehead atoms. The summed E-state index contributed by atoms with van der Waals surface area (Å²) in [5.41, 5.74) is 0.814. The van der Waals surface area contributed by atoms with Crippen LogP contribution in [0.5, 0.6) is 0 Å². The van der Waals surface area contributed by atoms with Crippen LogP contribution in [0.2, 0.25) is 10.0 Å². The predicted molar refractivity (Wildman–Crippen MR) is 148 cm³/mol. The molecular formula is C27H23Cl2N3O6S. The molecule has 0 aliphatic rings. The van der Waals surface area contributed by atoms with Crippen LogP contribution in [-0.2, 0) is 23.1 Å². The summed E-state index contributed by atoms with van der Waals surface area (Å²) in [6.45, 7) is 1.78. The average Bonchev–Trinajstić information content (AvgIpc) is 3.43. The number of nitro groups is 1. The maximum absolute atomic E-state index is 13.6. The van der Waals surface area contributed by atoms with E-state index in [2.05, 4.69) is 0 Å². The molecule has 4 rings (SSSR count). The second-order valence-electron chi connectivity index (χ2n) is 8.41. The number of halogens is 2. The fourth-order valence-electron chi connectivity index (χ4n) is 4.06. The first-order valence-electron chi connectivity index (χ1n) is 11.7. The number of hydrogen-bond acceptors (Lipinski definition) is 6. The molecule has 3 aromatic carbocycles. The number of rotatable bonds is 10. The molecule has 12 heteroatoms. The van der Waals surface area contributed by atoms with Gasteiger partial charge in [-0.25, -0.2) is 8.42 Å². The summed E-state index contributed by atoms with van der Waals surface area (Å²) in [6, 6.07) is 19.4. The minimum Gasteiger partial charge on any atom is -0.467 e. The standard InChI is InChI=1S/C27H23Cl2N3O6S/c1-2-31(39(36,37)23-12-10-21(11-13-23)32(34)35)26-14-9-20(28)16-19(26)17-30(18-22-6-5-15-38-22)27(33)24-7-3-4-8-25(24)29/h3-16H,2,17-18H2,1H3. The Balaban J connectivity index is 1.75. The van der Waals surface area contributed by atoms with Crippen molar-refractivity contribution < 1.29 is 22.6 Å². The van der Waals surface area contributed by atoms with Crippen LogP contribution in [0, 0.1) is 10.1 Å². The Kier molecular flexibility index (Phi) is 8.59. The lowest BCUT2D eigenvalue weighted by Crippen LogP contribution is -2.34. The van der Waals surface area contributed by atoms with Crippen molar-refractivity contribution in [2.45, 2.75) is 24.9 Å². The van der Waals surface area contributed by atoms with Crippen LogP contribution >= 0.6 is 23.2 Å². The number of nitrogens with zero attached hydrogens (tertiary/aromatic N) is 3. The SMILES string of the molecule is CCN(c1ccc(Cl)cc1CN(Cc1ccco1)C(=O)c1ccccc1Cl)S(=O)(=O)c1ccc([N+](=O)[O-])cc1. The highest BCUT2D eigenvalue weighted by molar-refractivity contribution is 7.92. The monoisotopic (exact) mass is 587 g/mol. The van der Waals surface area contributed by atoms with Gasteiger partial charge in [0.2, 0.25) is 0 Å². The Labute approximate surface area is 235 Å². The molecule has 0 saturated heterocycles. The van der Waals surface area contributed by atoms with E-state index in [-0.39, 0.29) is 46.7 Å². The van der Waals surface area contributed by atoms with Gasteiger partial charge in [0.1, 0.15) is 5.76 Å². The highest BCUT2D eigenvalue weighted by atomic mass is 35.5. The zero-order valence-electron chi connectivity index (χ0n) is 20.7. The molecule has 0 spiro atoms. The van der Waals surface area contributed by atoms with Gasteiger partial charge in [0.25, 0.3) is 21.6 Å². The minimum atomic E-state index is -4.12. The number of non-ortho nitro benzene ring substituents is 1. The predicted octanol–water partition coefficient (Wildman–Crippen LogP) is 6.55. The van der Waals surface area contributed by atoms with Gasteiger partial charge in [-0.1, -0.05) is 35.3 Å². The minimum absolute atomic E-state index is 0.0209. The molecule has 9 nitrogen and oxygen atoms in total. The van der Waals surface area contributed by atoms with Gasteiger partial charge >= 0.3 is 0 Å². The number of nitro benzene ring substituents is 1. The van der Waals surface area contributed by atoms with Crippen LogP contribution in [0.25, 0.3) is 0 Å². The van der Waals surface area contributed by atoms with Crippen molar-refractivity contribution in [2.24, 2.45) is 0 Å². The van der Waals surface area contributed by atoms with Crippen molar-refractivity contribution in [3.8, 4) is 0 Å². The molecule has 0 radical (unpaired) electrons. The number of amides is 1. The number of furan rings is 1. The molecule has 0 fully saturated rings. The van der Waals surface area contributed by atoms with Crippen LogP contribution in [0.3, 0.4) is 0 Å². The average molecular weight is 588 g/mol. The number of anilines is 1. The Morgan fingerprint density at radius 3 is 2.31 bits per heavy atom. The quantitative estimate of drug-likeness (QED) is 0.153. The number of sulfonamides is 1. The molecule has 0 N–H and O–H groups in total. The fourth-order valence-corrected chi connectivity index (χ4v) is 5.98. The van der Waals surface area contributed by atoms with E-state index in [1.807, 2.05) is 0 Å². The first-order valence-corrected chi connectivity index (χ1v) is 13.9. The van der Waals surface area contributed by atoms with E-state index in [4.69, 9.17) is 27.6 Å². The molecule has 39 heavy (non-hydrogen) atoms. The highest BCUT2D eigenvalue weighted by Gasteiger charge is 2.28. The van der Waals surface area contributed by atoms with Crippen molar-refractivity contribution in [1.29, 1.82) is 0 Å². The summed E-state index contributed by atoms with van der Waals surface area (Å²) in [5, 5.41) is 11.7. The topological polar surface area (TPSA) is 114 Å². The normalized spacial score (nSPS) is 11.3. The Hall–Kier alpha value is -3.86. The molecule has 0 aliphatic heterocycles. The Morgan fingerprint density at radius 2 is 1.69 bits per heavy atom. The lowest BCUT2D eigenvalue weighted by molar-refractivity contribution is -0.384. The summed E-state index contributed by atoms with van der Waals surface area (Å²) in [4.78, 5) is 25.4. The summed E-state index contributed by atoms with van der Waals surface area (Å²) in [7, 11) is -4.12. The first kappa shape index (κ1) is 28.2. The molecule has 4 aromatic rings. The van der Waals surface area contributed by atoms with Gasteiger partial charge in [-0.3, -0.25) is 19.2 Å². The molecule has 0 aliphatic carbocycles. The van der Waals surface area contributed by atoms with Crippen LogP contribution in [0.15, 0.2) is 94.4 Å². The number of hydrogen-bond donors (Lipinski definition) is 0. The zero-order valence-corrected chi connectivity index (χ0v) is 23.0. The highest BCUT2D eigenvalue weighted by Crippen LogP contribution is 2.32. The molecule has 202 valence electrons. The maximum Gasteiger partial charge on any atom is 0.269 e. The number of carbonyl (C=O) groups is 1. The van der Waals surface area contributed by atoms with E-state index in [9.17, 15) is 23.3 Å². The molecule has 1 heterocycles. The Bertz CT molecular complexity index is 1590. The van der Waals surface area contributed by atoms with E-state index in [0.29, 0.717) is 22.0 Å². The molecule has 1 amide bonds.